The fourth-order valence-corrected chi connectivity index (χ4v) is 3.22. The highest BCUT2D eigenvalue weighted by Gasteiger charge is 2.39. The molecule has 8 nitrogen and oxygen atoms in total. The zero-order valence-electron chi connectivity index (χ0n) is 16.0. The molecule has 2 N–H and O–H groups in total. The van der Waals surface area contributed by atoms with Crippen LogP contribution in [0.3, 0.4) is 0 Å². The Morgan fingerprint density at radius 1 is 1.36 bits per heavy atom. The molecule has 9 heteroatoms. The van der Waals surface area contributed by atoms with Gasteiger partial charge in [0, 0.05) is 26.7 Å². The highest BCUT2D eigenvalue weighted by molar-refractivity contribution is 5.90. The van der Waals surface area contributed by atoms with Gasteiger partial charge >= 0.3 is 5.97 Å². The van der Waals surface area contributed by atoms with Crippen molar-refractivity contribution in [1.29, 1.82) is 0 Å². The van der Waals surface area contributed by atoms with Gasteiger partial charge in [0.05, 0.1) is 5.54 Å². The molecule has 150 valence electrons. The summed E-state index contributed by atoms with van der Waals surface area (Å²) in [5.41, 5.74) is -1.23. The molecule has 1 aliphatic rings. The van der Waals surface area contributed by atoms with E-state index in [1.165, 1.54) is 35.9 Å². The normalized spacial score (nSPS) is 20.1. The number of benzene rings is 1. The van der Waals surface area contributed by atoms with E-state index in [0.717, 1.165) is 13.1 Å². The third kappa shape index (κ3) is 3.63. The van der Waals surface area contributed by atoms with Gasteiger partial charge in [-0.25, -0.2) is 14.2 Å². The lowest BCUT2D eigenvalue weighted by molar-refractivity contribution is 0.0455. The Kier molecular flexibility index (Phi) is 5.48. The maximum Gasteiger partial charge on any atom is 0.361 e. The molecule has 2 aromatic rings. The van der Waals surface area contributed by atoms with Crippen molar-refractivity contribution in [2.75, 3.05) is 26.7 Å². The van der Waals surface area contributed by atoms with Crippen LogP contribution in [-0.4, -0.2) is 52.2 Å². The summed E-state index contributed by atoms with van der Waals surface area (Å²) in [5, 5.41) is 13.4. The molecule has 28 heavy (non-hydrogen) atoms. The van der Waals surface area contributed by atoms with Crippen LogP contribution >= 0.6 is 0 Å². The topological polar surface area (TPSA) is 96.7 Å². The van der Waals surface area contributed by atoms with Crippen molar-refractivity contribution in [3.63, 3.8) is 0 Å². The van der Waals surface area contributed by atoms with E-state index in [4.69, 9.17) is 4.74 Å². The van der Waals surface area contributed by atoms with E-state index in [9.17, 15) is 19.1 Å². The number of esters is 1. The first-order valence-electron chi connectivity index (χ1n) is 8.88. The SMILES string of the molecule is CN1CCNCC1(C)c1nc(C(=O)OCc2ccc(F)cc2)c(O)c(=O)n1C. The van der Waals surface area contributed by atoms with Gasteiger partial charge in [-0.1, -0.05) is 12.1 Å². The van der Waals surface area contributed by atoms with Crippen LogP contribution in [0.25, 0.3) is 0 Å². The Bertz CT molecular complexity index is 944. The van der Waals surface area contributed by atoms with E-state index < -0.39 is 34.3 Å². The van der Waals surface area contributed by atoms with Crippen molar-refractivity contribution in [2.24, 2.45) is 7.05 Å². The largest absolute Gasteiger partial charge is 0.501 e. The van der Waals surface area contributed by atoms with Crippen LogP contribution in [0, 0.1) is 5.82 Å². The Labute approximate surface area is 161 Å². The van der Waals surface area contributed by atoms with Gasteiger partial charge in [-0.3, -0.25) is 14.3 Å². The number of likely N-dealkylation sites (N-methyl/N-ethyl adjacent to an activating group) is 1. The second-order valence-electron chi connectivity index (χ2n) is 7.07. The van der Waals surface area contributed by atoms with Crippen molar-refractivity contribution in [2.45, 2.75) is 19.1 Å². The molecule has 1 fully saturated rings. The fraction of sp³-hybridized carbons (Fsp3) is 0.421. The number of carbonyl (C=O) groups is 1. The van der Waals surface area contributed by atoms with Crippen LogP contribution < -0.4 is 10.9 Å². The Morgan fingerprint density at radius 2 is 2.04 bits per heavy atom. The van der Waals surface area contributed by atoms with Crippen molar-refractivity contribution in [1.82, 2.24) is 19.8 Å². The first-order valence-corrected chi connectivity index (χ1v) is 8.88. The molecule has 1 unspecified atom stereocenters. The van der Waals surface area contributed by atoms with Crippen LogP contribution in [0.4, 0.5) is 4.39 Å². The molecule has 0 bridgehead atoms. The monoisotopic (exact) mass is 390 g/mol. The summed E-state index contributed by atoms with van der Waals surface area (Å²) in [5.74, 6) is -1.73. The fourth-order valence-electron chi connectivity index (χ4n) is 3.22. The third-order valence-electron chi connectivity index (χ3n) is 5.16. The standard InChI is InChI=1S/C19H23FN4O4/c1-19(11-21-8-9-23(19)2)18-22-14(15(25)16(26)24(18)3)17(27)28-10-12-4-6-13(20)7-5-12/h4-7,21,25H,8-11H2,1-3H3. The van der Waals surface area contributed by atoms with Gasteiger partial charge in [0.25, 0.3) is 5.56 Å². The number of aromatic nitrogens is 2. The first kappa shape index (κ1) is 20.0. The van der Waals surface area contributed by atoms with E-state index in [1.54, 1.807) is 0 Å². The van der Waals surface area contributed by atoms with Crippen LogP contribution in [0.2, 0.25) is 0 Å². The maximum atomic E-state index is 13.0. The summed E-state index contributed by atoms with van der Waals surface area (Å²) in [7, 11) is 3.41. The summed E-state index contributed by atoms with van der Waals surface area (Å²) < 4.78 is 19.4. The summed E-state index contributed by atoms with van der Waals surface area (Å²) in [4.78, 5) is 31.3. The minimum atomic E-state index is -0.921. The number of hydrogen-bond donors (Lipinski definition) is 2. The molecule has 1 aliphatic heterocycles. The molecular formula is C19H23FN4O4. The summed E-state index contributed by atoms with van der Waals surface area (Å²) >= 11 is 0. The lowest BCUT2D eigenvalue weighted by Gasteiger charge is -2.42. The number of halogens is 1. The van der Waals surface area contributed by atoms with E-state index >= 15 is 0 Å². The van der Waals surface area contributed by atoms with E-state index in [2.05, 4.69) is 10.3 Å². The third-order valence-corrected chi connectivity index (χ3v) is 5.16. The van der Waals surface area contributed by atoms with Gasteiger partial charge in [-0.15, -0.1) is 0 Å². The average Bonchev–Trinajstić information content (AvgIpc) is 2.68. The highest BCUT2D eigenvalue weighted by Crippen LogP contribution is 2.27. The highest BCUT2D eigenvalue weighted by atomic mass is 19.1. The van der Waals surface area contributed by atoms with Gasteiger partial charge in [0.1, 0.15) is 18.2 Å². The minimum Gasteiger partial charge on any atom is -0.501 e. The lowest BCUT2D eigenvalue weighted by atomic mass is 9.96. The Balaban J connectivity index is 1.92. The number of hydrogen-bond acceptors (Lipinski definition) is 7. The number of aromatic hydroxyl groups is 1. The maximum absolute atomic E-state index is 13.0. The molecule has 1 aromatic carbocycles. The quantitative estimate of drug-likeness (QED) is 0.743. The molecule has 0 radical (unpaired) electrons. The lowest BCUT2D eigenvalue weighted by Crippen LogP contribution is -2.57. The van der Waals surface area contributed by atoms with E-state index in [-0.39, 0.29) is 6.61 Å². The first-order chi connectivity index (χ1) is 13.2. The molecule has 0 spiro atoms. The van der Waals surface area contributed by atoms with Crippen molar-refractivity contribution in [3.05, 3.63) is 57.5 Å². The molecule has 2 heterocycles. The van der Waals surface area contributed by atoms with E-state index in [1.807, 2.05) is 18.9 Å². The van der Waals surface area contributed by atoms with Gasteiger partial charge < -0.3 is 15.2 Å². The molecule has 0 aliphatic carbocycles. The molecule has 1 aromatic heterocycles. The molecule has 0 saturated carbocycles. The summed E-state index contributed by atoms with van der Waals surface area (Å²) in [6.07, 6.45) is 0. The van der Waals surface area contributed by atoms with Gasteiger partial charge in [-0.05, 0) is 31.7 Å². The molecule has 3 rings (SSSR count). The van der Waals surface area contributed by atoms with E-state index in [0.29, 0.717) is 17.9 Å². The van der Waals surface area contributed by atoms with Crippen molar-refractivity contribution in [3.8, 4) is 5.75 Å². The number of nitrogens with zero attached hydrogens (tertiary/aromatic N) is 3. The predicted octanol–water partition coefficient (Wildman–Crippen LogP) is 0.732. The second-order valence-corrected chi connectivity index (χ2v) is 7.07. The van der Waals surface area contributed by atoms with Crippen LogP contribution in [0.1, 0.15) is 28.8 Å². The number of ether oxygens (including phenoxy) is 1. The number of rotatable bonds is 4. The van der Waals surface area contributed by atoms with Gasteiger partial charge in [-0.2, -0.15) is 0 Å². The minimum absolute atomic E-state index is 0.135. The zero-order chi connectivity index (χ0) is 20.5. The number of nitrogens with one attached hydrogen (secondary N) is 1. The van der Waals surface area contributed by atoms with Crippen molar-refractivity contribution < 1.29 is 19.0 Å². The van der Waals surface area contributed by atoms with Gasteiger partial charge in [0.2, 0.25) is 5.75 Å². The van der Waals surface area contributed by atoms with Crippen LogP contribution in [0.5, 0.6) is 5.75 Å². The zero-order valence-corrected chi connectivity index (χ0v) is 16.0. The average molecular weight is 390 g/mol. The molecular weight excluding hydrogens is 367 g/mol. The van der Waals surface area contributed by atoms with Crippen LogP contribution in [0.15, 0.2) is 29.1 Å². The number of carbonyl (C=O) groups excluding carboxylic acids is 1. The summed E-state index contributed by atoms with van der Waals surface area (Å²) in [6, 6.07) is 5.47. The Hall–Kier alpha value is -2.78. The van der Waals surface area contributed by atoms with Gasteiger partial charge in [0.15, 0.2) is 5.69 Å². The molecule has 1 saturated heterocycles. The molecule has 0 amide bonds. The molecule has 1 atom stereocenters. The predicted molar refractivity (Wildman–Crippen MR) is 99.5 cm³/mol. The smallest absolute Gasteiger partial charge is 0.361 e. The summed E-state index contributed by atoms with van der Waals surface area (Å²) in [6.45, 7) is 3.83. The Morgan fingerprint density at radius 3 is 2.68 bits per heavy atom. The van der Waals surface area contributed by atoms with Crippen molar-refractivity contribution >= 4 is 5.97 Å². The second kappa shape index (κ2) is 7.69. The number of piperazine rings is 1. The van der Waals surface area contributed by atoms with Crippen LogP contribution in [-0.2, 0) is 23.9 Å².